The third-order valence-corrected chi connectivity index (χ3v) is 10.3. The molecule has 0 aromatic heterocycles. The summed E-state index contributed by atoms with van der Waals surface area (Å²) in [6, 6.07) is 13.8. The van der Waals surface area contributed by atoms with Gasteiger partial charge in [0, 0.05) is 18.7 Å². The minimum atomic E-state index is -1.31. The third-order valence-electron chi connectivity index (χ3n) is 10.3. The molecule has 0 unspecified atom stereocenters. The Balaban J connectivity index is 1.52. The summed E-state index contributed by atoms with van der Waals surface area (Å²) in [6.45, 7) is 13.1. The second-order valence-corrected chi connectivity index (χ2v) is 14.2. The third kappa shape index (κ3) is 7.46. The van der Waals surface area contributed by atoms with Crippen molar-refractivity contribution in [2.24, 2.45) is 17.8 Å². The Morgan fingerprint density at radius 3 is 2.41 bits per heavy atom. The predicted octanol–water partition coefficient (Wildman–Crippen LogP) is 4.75. The molecule has 3 fully saturated rings. The van der Waals surface area contributed by atoms with Crippen molar-refractivity contribution in [1.82, 2.24) is 10.2 Å². The van der Waals surface area contributed by atoms with Crippen LogP contribution in [-0.2, 0) is 28.7 Å². The summed E-state index contributed by atoms with van der Waals surface area (Å²) in [6.07, 6.45) is 3.80. The number of esters is 1. The summed E-state index contributed by atoms with van der Waals surface area (Å²) in [5.41, 5.74) is -0.0490. The number of benzene rings is 2. The first-order chi connectivity index (χ1) is 24.5. The standard InChI is InChI=1S/C40H51N3O8/c1-7-9-15-32(45)41-26(5)35(27-13-11-10-12-14-27)50-39(48)33-31-20-21-40(51-31)34(33)37(46)43(29(24-44)23-25(3)4)36(40)38(47)42(22-8-2)28-16-18-30(49-6)19-17-28/h7-8,10-14,16-19,25-26,29,31,33-36,44H,1-2,9,15,20-24H2,3-6H3,(H,41,45)/t26-,29+,31-,33+,34+,35-,36-,40+/m0/s1. The van der Waals surface area contributed by atoms with Crippen molar-refractivity contribution in [2.45, 2.75) is 88.8 Å². The number of methoxy groups -OCH3 is 1. The van der Waals surface area contributed by atoms with Gasteiger partial charge >= 0.3 is 5.97 Å². The van der Waals surface area contributed by atoms with E-state index >= 15 is 0 Å². The number of aliphatic hydroxyl groups excluding tert-OH is 1. The molecule has 0 radical (unpaired) electrons. The molecule has 2 aromatic rings. The molecule has 3 heterocycles. The molecule has 3 amide bonds. The highest BCUT2D eigenvalue weighted by molar-refractivity contribution is 6.05. The number of anilines is 1. The van der Waals surface area contributed by atoms with Gasteiger partial charge in [-0.3, -0.25) is 19.2 Å². The summed E-state index contributed by atoms with van der Waals surface area (Å²) in [5, 5.41) is 13.6. The van der Waals surface area contributed by atoms with E-state index < -0.39 is 59.6 Å². The second-order valence-electron chi connectivity index (χ2n) is 14.2. The second kappa shape index (κ2) is 16.2. The van der Waals surface area contributed by atoms with Gasteiger partial charge in [-0.2, -0.15) is 0 Å². The van der Waals surface area contributed by atoms with E-state index in [0.717, 1.165) is 0 Å². The number of likely N-dealkylation sites (tertiary alicyclic amines) is 1. The molecule has 8 atom stereocenters. The molecule has 11 heteroatoms. The number of ether oxygens (including phenoxy) is 3. The van der Waals surface area contributed by atoms with Gasteiger partial charge in [-0.25, -0.2) is 0 Å². The Kier molecular flexibility index (Phi) is 12.0. The van der Waals surface area contributed by atoms with Crippen molar-refractivity contribution < 1.29 is 38.5 Å². The zero-order valence-corrected chi connectivity index (χ0v) is 30.0. The lowest BCUT2D eigenvalue weighted by Gasteiger charge is -2.39. The van der Waals surface area contributed by atoms with Crippen LogP contribution in [0.5, 0.6) is 5.75 Å². The number of aliphatic hydroxyl groups is 1. The molecular weight excluding hydrogens is 650 g/mol. The lowest BCUT2D eigenvalue weighted by atomic mass is 9.70. The van der Waals surface area contributed by atoms with Crippen LogP contribution in [0, 0.1) is 17.8 Å². The minimum Gasteiger partial charge on any atom is -0.497 e. The van der Waals surface area contributed by atoms with Gasteiger partial charge in [-0.15, -0.1) is 13.2 Å². The quantitative estimate of drug-likeness (QED) is 0.178. The number of allylic oxidation sites excluding steroid dienone is 1. The van der Waals surface area contributed by atoms with Crippen molar-refractivity contribution >= 4 is 29.4 Å². The van der Waals surface area contributed by atoms with E-state index in [4.69, 9.17) is 14.2 Å². The minimum absolute atomic E-state index is 0.0994. The van der Waals surface area contributed by atoms with Gasteiger partial charge < -0.3 is 34.4 Å². The number of hydrogen-bond acceptors (Lipinski definition) is 8. The van der Waals surface area contributed by atoms with E-state index in [9.17, 15) is 24.3 Å². The molecule has 3 aliphatic heterocycles. The van der Waals surface area contributed by atoms with Crippen LogP contribution in [-0.4, -0.2) is 83.8 Å². The fourth-order valence-electron chi connectivity index (χ4n) is 8.15. The number of rotatable bonds is 17. The molecule has 2 aromatic carbocycles. The van der Waals surface area contributed by atoms with Crippen LogP contribution in [0.15, 0.2) is 79.9 Å². The summed E-state index contributed by atoms with van der Waals surface area (Å²) in [7, 11) is 1.56. The molecule has 0 aliphatic carbocycles. The highest BCUT2D eigenvalue weighted by Crippen LogP contribution is 2.59. The summed E-state index contributed by atoms with van der Waals surface area (Å²) < 4.78 is 18.3. The molecule has 5 rings (SSSR count). The fourth-order valence-corrected chi connectivity index (χ4v) is 8.15. The summed E-state index contributed by atoms with van der Waals surface area (Å²) >= 11 is 0. The smallest absolute Gasteiger partial charge is 0.313 e. The Hall–Kier alpha value is -4.48. The highest BCUT2D eigenvalue weighted by Gasteiger charge is 2.75. The molecule has 1 spiro atoms. The highest BCUT2D eigenvalue weighted by atomic mass is 16.6. The van der Waals surface area contributed by atoms with E-state index in [1.54, 1.807) is 55.4 Å². The molecule has 0 saturated carbocycles. The molecule has 2 N–H and O–H groups in total. The topological polar surface area (TPSA) is 135 Å². The van der Waals surface area contributed by atoms with Crippen LogP contribution in [0.2, 0.25) is 0 Å². The van der Waals surface area contributed by atoms with Crippen molar-refractivity contribution in [3.8, 4) is 5.75 Å². The van der Waals surface area contributed by atoms with Gasteiger partial charge in [-0.1, -0.05) is 56.3 Å². The van der Waals surface area contributed by atoms with Crippen molar-refractivity contribution in [1.29, 1.82) is 0 Å². The van der Waals surface area contributed by atoms with E-state index in [1.165, 1.54) is 4.90 Å². The molecule has 51 heavy (non-hydrogen) atoms. The maximum absolute atomic E-state index is 14.9. The van der Waals surface area contributed by atoms with Gasteiger partial charge in [0.25, 0.3) is 5.91 Å². The average Bonchev–Trinajstić information content (AvgIpc) is 3.78. The van der Waals surface area contributed by atoms with Crippen molar-refractivity contribution in [3.05, 3.63) is 85.5 Å². The predicted molar refractivity (Wildman–Crippen MR) is 193 cm³/mol. The monoisotopic (exact) mass is 701 g/mol. The maximum Gasteiger partial charge on any atom is 0.313 e. The van der Waals surface area contributed by atoms with E-state index in [-0.39, 0.29) is 37.3 Å². The maximum atomic E-state index is 14.9. The number of amides is 3. The lowest BCUT2D eigenvalue weighted by molar-refractivity contribution is -0.162. The normalized spacial score (nSPS) is 25.1. The number of fused-ring (bicyclic) bond motifs is 1. The Morgan fingerprint density at radius 1 is 1.10 bits per heavy atom. The van der Waals surface area contributed by atoms with Crippen LogP contribution in [0.3, 0.4) is 0 Å². The summed E-state index contributed by atoms with van der Waals surface area (Å²) in [4.78, 5) is 59.8. The molecular formula is C40H51N3O8. The first kappa shape index (κ1) is 37.8. The van der Waals surface area contributed by atoms with Crippen LogP contribution in [0.4, 0.5) is 5.69 Å². The molecule has 3 aliphatic rings. The molecule has 11 nitrogen and oxygen atoms in total. The number of carbonyl (C=O) groups is 4. The zero-order chi connectivity index (χ0) is 36.9. The number of carbonyl (C=O) groups excluding carboxylic acids is 4. The van der Waals surface area contributed by atoms with Gasteiger partial charge in [0.15, 0.2) is 0 Å². The van der Waals surface area contributed by atoms with Crippen LogP contribution >= 0.6 is 0 Å². The van der Waals surface area contributed by atoms with E-state index in [0.29, 0.717) is 42.7 Å². The van der Waals surface area contributed by atoms with Gasteiger partial charge in [0.05, 0.1) is 43.7 Å². The first-order valence-corrected chi connectivity index (χ1v) is 17.8. The first-order valence-electron chi connectivity index (χ1n) is 17.8. The molecule has 2 bridgehead atoms. The summed E-state index contributed by atoms with van der Waals surface area (Å²) in [5.74, 6) is -2.90. The Bertz CT molecular complexity index is 1580. The molecule has 3 saturated heterocycles. The lowest BCUT2D eigenvalue weighted by Crippen LogP contribution is -2.59. The van der Waals surface area contributed by atoms with Crippen molar-refractivity contribution in [2.75, 3.05) is 25.2 Å². The van der Waals surface area contributed by atoms with Gasteiger partial charge in [0.2, 0.25) is 11.8 Å². The Labute approximate surface area is 300 Å². The molecule has 274 valence electrons. The van der Waals surface area contributed by atoms with Crippen LogP contribution in [0.1, 0.15) is 64.5 Å². The number of nitrogens with zero attached hydrogens (tertiary/aromatic N) is 2. The van der Waals surface area contributed by atoms with Gasteiger partial charge in [-0.05, 0) is 68.4 Å². The van der Waals surface area contributed by atoms with Crippen molar-refractivity contribution in [3.63, 3.8) is 0 Å². The average molecular weight is 702 g/mol. The zero-order valence-electron chi connectivity index (χ0n) is 30.0. The SMILES string of the molecule is C=CCCC(=O)N[C@@H](C)[C@H](OC(=O)[C@@H]1[C@@H]2CC[C@]3(O2)[C@H](C(=O)N(CC=C)c2ccc(OC)cc2)N([C@@H](CO)CC(C)C)C(=O)[C@@H]13)c1ccccc1. The number of nitrogens with one attached hydrogen (secondary N) is 1. The van der Waals surface area contributed by atoms with Gasteiger partial charge in [0.1, 0.15) is 23.5 Å². The van der Waals surface area contributed by atoms with Crippen LogP contribution < -0.4 is 15.0 Å². The van der Waals surface area contributed by atoms with E-state index in [2.05, 4.69) is 18.5 Å². The van der Waals surface area contributed by atoms with E-state index in [1.807, 2.05) is 44.2 Å². The fraction of sp³-hybridized carbons (Fsp3) is 0.500. The Morgan fingerprint density at radius 2 is 1.80 bits per heavy atom. The largest absolute Gasteiger partial charge is 0.497 e. The van der Waals surface area contributed by atoms with Crippen LogP contribution in [0.25, 0.3) is 0 Å². The number of hydrogen-bond donors (Lipinski definition) is 2.